The van der Waals surface area contributed by atoms with Gasteiger partial charge in [0.25, 0.3) is 0 Å². The van der Waals surface area contributed by atoms with Crippen molar-refractivity contribution in [2.45, 2.75) is 44.4 Å². The fourth-order valence-corrected chi connectivity index (χ4v) is 2.80. The van der Waals surface area contributed by atoms with Crippen LogP contribution in [0, 0.1) is 0 Å². The van der Waals surface area contributed by atoms with Crippen LogP contribution in [0.15, 0.2) is 36.9 Å². The van der Waals surface area contributed by atoms with Crippen LogP contribution in [-0.2, 0) is 28.0 Å². The number of nitrogens with zero attached hydrogens (tertiary/aromatic N) is 3. The molecule has 0 bridgehead atoms. The van der Waals surface area contributed by atoms with Crippen molar-refractivity contribution in [3.05, 3.63) is 48.0 Å². The highest BCUT2D eigenvalue weighted by Gasteiger charge is 2.44. The van der Waals surface area contributed by atoms with E-state index in [9.17, 15) is 13.2 Å². The third-order valence-corrected chi connectivity index (χ3v) is 3.96. The van der Waals surface area contributed by atoms with Crippen LogP contribution in [0.5, 0.6) is 0 Å². The van der Waals surface area contributed by atoms with Crippen LogP contribution in [0.1, 0.15) is 30.9 Å². The summed E-state index contributed by atoms with van der Waals surface area (Å²) in [6.45, 7) is 2.65. The number of hydrogen-bond donors (Lipinski definition) is 0. The predicted molar refractivity (Wildman–Crippen MR) is 78.9 cm³/mol. The summed E-state index contributed by atoms with van der Waals surface area (Å²) in [5.74, 6) is -1.16. The fraction of sp³-hybridized carbons (Fsp3) is 0.500. The largest absolute Gasteiger partial charge is 0.416 e. The Morgan fingerprint density at radius 3 is 2.62 bits per heavy atom. The summed E-state index contributed by atoms with van der Waals surface area (Å²) in [5, 5.41) is 4.04. The van der Waals surface area contributed by atoms with E-state index >= 15 is 0 Å². The summed E-state index contributed by atoms with van der Waals surface area (Å²) in [5.41, 5.74) is -0.171. The van der Waals surface area contributed by atoms with Gasteiger partial charge in [0, 0.05) is 5.56 Å². The van der Waals surface area contributed by atoms with Crippen LogP contribution in [0.4, 0.5) is 13.2 Å². The van der Waals surface area contributed by atoms with E-state index < -0.39 is 17.5 Å². The highest BCUT2D eigenvalue weighted by molar-refractivity contribution is 5.28. The molecule has 3 rings (SSSR count). The topological polar surface area (TPSA) is 49.2 Å². The second-order valence-corrected chi connectivity index (χ2v) is 5.76. The summed E-state index contributed by atoms with van der Waals surface area (Å²) in [7, 11) is 0. The molecule has 5 nitrogen and oxygen atoms in total. The SMILES string of the molecule is CCC[C@H]1CO[C@](Cn2cncn2)(c2ccc(C(F)(F)F)cc2)O1. The lowest BCUT2D eigenvalue weighted by atomic mass is 10.0. The molecule has 24 heavy (non-hydrogen) atoms. The quantitative estimate of drug-likeness (QED) is 0.837. The Morgan fingerprint density at radius 2 is 2.04 bits per heavy atom. The van der Waals surface area contributed by atoms with E-state index in [2.05, 4.69) is 10.1 Å². The van der Waals surface area contributed by atoms with Gasteiger partial charge in [-0.05, 0) is 18.6 Å². The minimum Gasteiger partial charge on any atom is -0.342 e. The molecular weight excluding hydrogens is 323 g/mol. The molecule has 0 spiro atoms. The standard InChI is InChI=1S/C16H18F3N3O2/c1-2-3-14-8-23-15(24-14,9-22-11-20-10-21-22)12-4-6-13(7-5-12)16(17,18)19/h4-7,10-11,14H,2-3,8-9H2,1H3/t14-,15-/m0/s1. The molecule has 1 fully saturated rings. The summed E-state index contributed by atoms with van der Waals surface area (Å²) in [4.78, 5) is 3.88. The minimum absolute atomic E-state index is 0.0965. The molecule has 0 amide bonds. The molecule has 1 aromatic heterocycles. The van der Waals surface area contributed by atoms with Gasteiger partial charge in [0.1, 0.15) is 19.2 Å². The maximum absolute atomic E-state index is 12.8. The zero-order valence-corrected chi connectivity index (χ0v) is 13.2. The number of halogens is 3. The fourth-order valence-electron chi connectivity index (χ4n) is 2.80. The smallest absolute Gasteiger partial charge is 0.342 e. The van der Waals surface area contributed by atoms with E-state index in [0.29, 0.717) is 12.2 Å². The molecule has 0 aliphatic carbocycles. The Labute approximate surface area is 137 Å². The number of rotatable bonds is 5. The van der Waals surface area contributed by atoms with Crippen molar-refractivity contribution in [2.75, 3.05) is 6.61 Å². The van der Waals surface area contributed by atoms with Crippen molar-refractivity contribution in [3.8, 4) is 0 Å². The Kier molecular flexibility index (Phi) is 4.60. The maximum atomic E-state index is 12.8. The average molecular weight is 341 g/mol. The third-order valence-electron chi connectivity index (χ3n) is 3.96. The van der Waals surface area contributed by atoms with Crippen molar-refractivity contribution in [1.29, 1.82) is 0 Å². The summed E-state index contributed by atoms with van der Waals surface area (Å²) in [6.07, 6.45) is 0.186. The first-order valence-corrected chi connectivity index (χ1v) is 7.75. The van der Waals surface area contributed by atoms with Crippen molar-refractivity contribution < 1.29 is 22.6 Å². The highest BCUT2D eigenvalue weighted by Crippen LogP contribution is 2.38. The molecule has 0 saturated carbocycles. The Hall–Kier alpha value is -1.93. The molecular formula is C16H18F3N3O2. The summed E-state index contributed by atoms with van der Waals surface area (Å²) >= 11 is 0. The lowest BCUT2D eigenvalue weighted by molar-refractivity contribution is -0.189. The first-order valence-electron chi connectivity index (χ1n) is 7.75. The Balaban J connectivity index is 1.90. The van der Waals surface area contributed by atoms with E-state index in [0.717, 1.165) is 25.0 Å². The van der Waals surface area contributed by atoms with E-state index in [4.69, 9.17) is 9.47 Å². The van der Waals surface area contributed by atoms with Crippen LogP contribution >= 0.6 is 0 Å². The molecule has 2 aromatic rings. The third kappa shape index (κ3) is 3.44. The maximum Gasteiger partial charge on any atom is 0.416 e. The molecule has 0 radical (unpaired) electrons. The average Bonchev–Trinajstić information content (AvgIpc) is 3.18. The van der Waals surface area contributed by atoms with Crippen molar-refractivity contribution >= 4 is 0 Å². The molecule has 1 saturated heterocycles. The van der Waals surface area contributed by atoms with Gasteiger partial charge in [0.05, 0.1) is 18.3 Å². The summed E-state index contributed by atoms with van der Waals surface area (Å²) < 4.78 is 51.9. The number of ether oxygens (including phenoxy) is 2. The number of hydrogen-bond acceptors (Lipinski definition) is 4. The van der Waals surface area contributed by atoms with Gasteiger partial charge in [0.15, 0.2) is 0 Å². The second kappa shape index (κ2) is 6.52. The monoisotopic (exact) mass is 341 g/mol. The molecule has 0 N–H and O–H groups in total. The van der Waals surface area contributed by atoms with Gasteiger partial charge in [-0.1, -0.05) is 25.5 Å². The van der Waals surface area contributed by atoms with Gasteiger partial charge in [-0.25, -0.2) is 9.67 Å². The van der Waals surface area contributed by atoms with Crippen molar-refractivity contribution in [2.24, 2.45) is 0 Å². The number of benzene rings is 1. The van der Waals surface area contributed by atoms with Gasteiger partial charge < -0.3 is 9.47 Å². The Morgan fingerprint density at radius 1 is 1.29 bits per heavy atom. The number of aromatic nitrogens is 3. The minimum atomic E-state index is -4.38. The second-order valence-electron chi connectivity index (χ2n) is 5.76. The lowest BCUT2D eigenvalue weighted by Gasteiger charge is -2.28. The van der Waals surface area contributed by atoms with Crippen LogP contribution < -0.4 is 0 Å². The number of alkyl halides is 3. The van der Waals surface area contributed by atoms with Crippen molar-refractivity contribution in [3.63, 3.8) is 0 Å². The van der Waals surface area contributed by atoms with Gasteiger partial charge >= 0.3 is 6.18 Å². The van der Waals surface area contributed by atoms with Crippen LogP contribution in [0.3, 0.4) is 0 Å². The van der Waals surface area contributed by atoms with Crippen LogP contribution in [0.2, 0.25) is 0 Å². The van der Waals surface area contributed by atoms with Crippen LogP contribution in [-0.4, -0.2) is 27.5 Å². The van der Waals surface area contributed by atoms with E-state index in [-0.39, 0.29) is 12.6 Å². The van der Waals surface area contributed by atoms with Crippen LogP contribution in [0.25, 0.3) is 0 Å². The van der Waals surface area contributed by atoms with E-state index in [1.165, 1.54) is 24.8 Å². The molecule has 0 unspecified atom stereocenters. The van der Waals surface area contributed by atoms with Gasteiger partial charge in [-0.2, -0.15) is 18.3 Å². The zero-order valence-electron chi connectivity index (χ0n) is 13.2. The predicted octanol–water partition coefficient (Wildman–Crippen LogP) is 3.37. The van der Waals surface area contributed by atoms with Gasteiger partial charge in [-0.3, -0.25) is 0 Å². The Bertz CT molecular complexity index is 658. The zero-order chi connectivity index (χ0) is 17.2. The van der Waals surface area contributed by atoms with E-state index in [1.807, 2.05) is 6.92 Å². The summed E-state index contributed by atoms with van der Waals surface area (Å²) in [6, 6.07) is 4.87. The van der Waals surface area contributed by atoms with Gasteiger partial charge in [-0.15, -0.1) is 0 Å². The van der Waals surface area contributed by atoms with E-state index in [1.54, 1.807) is 4.68 Å². The molecule has 130 valence electrons. The lowest BCUT2D eigenvalue weighted by Crippen LogP contribution is -2.34. The van der Waals surface area contributed by atoms with Gasteiger partial charge in [0.2, 0.25) is 5.79 Å². The molecule has 2 atom stereocenters. The molecule has 1 aromatic carbocycles. The molecule has 1 aliphatic heterocycles. The first-order chi connectivity index (χ1) is 11.4. The molecule has 2 heterocycles. The normalized spacial score (nSPS) is 24.4. The first kappa shape index (κ1) is 16.9. The molecule has 8 heteroatoms. The molecule has 1 aliphatic rings. The van der Waals surface area contributed by atoms with Crippen molar-refractivity contribution in [1.82, 2.24) is 14.8 Å². The highest BCUT2D eigenvalue weighted by atomic mass is 19.4.